The number of ether oxygens (including phenoxy) is 1. The van der Waals surface area contributed by atoms with Gasteiger partial charge in [-0.15, -0.1) is 22.7 Å². The van der Waals surface area contributed by atoms with Crippen LogP contribution < -0.4 is 4.74 Å². The van der Waals surface area contributed by atoms with Crippen molar-refractivity contribution < 1.29 is 23.4 Å². The SMILES string of the molecule is C=CC(=O)N1CCc2nc(-c3nc(-c4ccc5c(c4)CCN(C)C5)c4ccsc4c3-c3c(F)cc(F)cc3OCC(C)O)sc2C1. The van der Waals surface area contributed by atoms with Gasteiger partial charge in [0.15, 0.2) is 0 Å². The molecule has 236 valence electrons. The maximum absolute atomic E-state index is 16.0. The number of hydrogen-bond acceptors (Lipinski definition) is 8. The third kappa shape index (κ3) is 5.62. The molecular formula is C35H32F2N4O3S2. The predicted octanol–water partition coefficient (Wildman–Crippen LogP) is 6.85. The van der Waals surface area contributed by atoms with Crippen molar-refractivity contribution >= 4 is 38.7 Å². The highest BCUT2D eigenvalue weighted by molar-refractivity contribution is 7.18. The highest BCUT2D eigenvalue weighted by atomic mass is 32.1. The third-order valence-electron chi connectivity index (χ3n) is 8.46. The Morgan fingerprint density at radius 3 is 2.74 bits per heavy atom. The zero-order chi connectivity index (χ0) is 32.1. The monoisotopic (exact) mass is 658 g/mol. The van der Waals surface area contributed by atoms with E-state index in [1.807, 2.05) is 11.4 Å². The number of nitrogens with zero attached hydrogens (tertiary/aromatic N) is 4. The van der Waals surface area contributed by atoms with Gasteiger partial charge in [-0.05, 0) is 55.1 Å². The van der Waals surface area contributed by atoms with Crippen molar-refractivity contribution in [3.8, 4) is 38.8 Å². The summed E-state index contributed by atoms with van der Waals surface area (Å²) in [6.45, 7) is 7.80. The summed E-state index contributed by atoms with van der Waals surface area (Å²) in [7, 11) is 2.12. The van der Waals surface area contributed by atoms with E-state index in [9.17, 15) is 14.3 Å². The first kappa shape index (κ1) is 30.6. The Bertz CT molecular complexity index is 2000. The lowest BCUT2D eigenvalue weighted by Crippen LogP contribution is -2.34. The van der Waals surface area contributed by atoms with E-state index in [0.717, 1.165) is 63.6 Å². The molecule has 0 bridgehead atoms. The van der Waals surface area contributed by atoms with Crippen LogP contribution in [0.3, 0.4) is 0 Å². The number of amides is 1. The maximum atomic E-state index is 16.0. The van der Waals surface area contributed by atoms with Gasteiger partial charge in [-0.3, -0.25) is 4.79 Å². The minimum Gasteiger partial charge on any atom is -0.490 e. The molecule has 1 amide bonds. The van der Waals surface area contributed by atoms with Crippen LogP contribution in [0.25, 0.3) is 43.2 Å². The van der Waals surface area contributed by atoms with Gasteiger partial charge in [-0.25, -0.2) is 18.7 Å². The summed E-state index contributed by atoms with van der Waals surface area (Å²) in [6.07, 6.45) is 1.96. The van der Waals surface area contributed by atoms with Crippen LogP contribution in [0, 0.1) is 11.6 Å². The van der Waals surface area contributed by atoms with Gasteiger partial charge in [0.25, 0.3) is 0 Å². The highest BCUT2D eigenvalue weighted by Crippen LogP contribution is 2.48. The lowest BCUT2D eigenvalue weighted by molar-refractivity contribution is -0.126. The first-order valence-electron chi connectivity index (χ1n) is 15.1. The number of likely N-dealkylation sites (N-methyl/N-ethyl adjacent to an activating group) is 1. The van der Waals surface area contributed by atoms with E-state index in [2.05, 4.69) is 36.7 Å². The summed E-state index contributed by atoms with van der Waals surface area (Å²) >= 11 is 2.86. The number of thiophene rings is 1. The number of hydrogen-bond donors (Lipinski definition) is 1. The van der Waals surface area contributed by atoms with Crippen molar-refractivity contribution in [1.82, 2.24) is 19.8 Å². The second-order valence-electron chi connectivity index (χ2n) is 11.8. The van der Waals surface area contributed by atoms with Gasteiger partial charge in [0, 0.05) is 64.3 Å². The maximum Gasteiger partial charge on any atom is 0.246 e. The van der Waals surface area contributed by atoms with Crippen LogP contribution in [-0.4, -0.2) is 63.6 Å². The molecule has 0 spiro atoms. The second kappa shape index (κ2) is 12.3. The molecule has 11 heteroatoms. The molecule has 5 aromatic rings. The molecule has 0 saturated heterocycles. The average Bonchev–Trinajstić information content (AvgIpc) is 3.70. The Morgan fingerprint density at radius 1 is 1.09 bits per heavy atom. The molecular weight excluding hydrogens is 627 g/mol. The van der Waals surface area contributed by atoms with Gasteiger partial charge in [-0.1, -0.05) is 18.7 Å². The molecule has 2 aromatic carbocycles. The Balaban J connectivity index is 1.47. The number of pyridine rings is 1. The number of aliphatic hydroxyl groups excluding tert-OH is 1. The standard InChI is InChI=1S/C35H32F2N4O3S2/c1-4-29(43)41-11-8-26-28(17-41)46-35(38-26)33-31(30-25(37)14-23(36)15-27(30)44-18-19(2)42)34-24(9-12-45-34)32(39-33)21-5-6-22-16-40(3)10-7-20(22)13-21/h4-6,9,12-15,19,42H,1,7-8,10-11,16-18H2,2-3H3. The predicted molar refractivity (Wildman–Crippen MR) is 178 cm³/mol. The van der Waals surface area contributed by atoms with Gasteiger partial charge in [0.2, 0.25) is 5.91 Å². The van der Waals surface area contributed by atoms with Crippen molar-refractivity contribution in [2.75, 3.05) is 26.7 Å². The number of rotatable bonds is 7. The molecule has 3 aromatic heterocycles. The van der Waals surface area contributed by atoms with E-state index in [1.54, 1.807) is 11.8 Å². The van der Waals surface area contributed by atoms with Gasteiger partial charge < -0.3 is 19.6 Å². The lowest BCUT2D eigenvalue weighted by Gasteiger charge is -2.25. The second-order valence-corrected chi connectivity index (χ2v) is 13.8. The van der Waals surface area contributed by atoms with Gasteiger partial charge in [-0.2, -0.15) is 0 Å². The van der Waals surface area contributed by atoms with E-state index < -0.39 is 17.7 Å². The van der Waals surface area contributed by atoms with Gasteiger partial charge >= 0.3 is 0 Å². The number of carbonyl (C=O) groups is 1. The quantitative estimate of drug-likeness (QED) is 0.193. The molecule has 0 radical (unpaired) electrons. The van der Waals surface area contributed by atoms with E-state index in [1.165, 1.54) is 39.9 Å². The van der Waals surface area contributed by atoms with Crippen molar-refractivity contribution in [3.63, 3.8) is 0 Å². The third-order valence-corrected chi connectivity index (χ3v) is 10.5. The van der Waals surface area contributed by atoms with Crippen LogP contribution in [0.2, 0.25) is 0 Å². The zero-order valence-corrected chi connectivity index (χ0v) is 27.1. The van der Waals surface area contributed by atoms with Crippen LogP contribution in [-0.2, 0) is 30.7 Å². The Morgan fingerprint density at radius 2 is 1.93 bits per heavy atom. The van der Waals surface area contributed by atoms with E-state index in [-0.39, 0.29) is 23.8 Å². The summed E-state index contributed by atoms with van der Waals surface area (Å²) in [6, 6.07) is 10.4. The summed E-state index contributed by atoms with van der Waals surface area (Å²) in [5.74, 6) is -1.75. The Hall–Kier alpha value is -4.03. The van der Waals surface area contributed by atoms with E-state index >= 15 is 4.39 Å². The summed E-state index contributed by atoms with van der Waals surface area (Å²) in [4.78, 5) is 27.6. The Labute approximate surface area is 273 Å². The van der Waals surface area contributed by atoms with E-state index in [0.29, 0.717) is 35.8 Å². The largest absolute Gasteiger partial charge is 0.490 e. The number of halogens is 2. The molecule has 1 N–H and O–H groups in total. The summed E-state index contributed by atoms with van der Waals surface area (Å²) in [5, 5.41) is 13.3. The minimum absolute atomic E-state index is 0.0223. The van der Waals surface area contributed by atoms with Crippen LogP contribution in [0.4, 0.5) is 8.78 Å². The lowest BCUT2D eigenvalue weighted by atomic mass is 9.94. The molecule has 5 heterocycles. The fourth-order valence-electron chi connectivity index (χ4n) is 6.20. The first-order chi connectivity index (χ1) is 22.2. The number of carbonyl (C=O) groups excluding carboxylic acids is 1. The number of thiazole rings is 1. The van der Waals surface area contributed by atoms with Crippen molar-refractivity contribution in [3.05, 3.63) is 87.8 Å². The summed E-state index contributed by atoms with van der Waals surface area (Å²) in [5.41, 5.74) is 6.12. The number of benzene rings is 2. The first-order valence-corrected chi connectivity index (χ1v) is 16.8. The number of aromatic nitrogens is 2. The van der Waals surface area contributed by atoms with E-state index in [4.69, 9.17) is 14.7 Å². The van der Waals surface area contributed by atoms with Crippen LogP contribution >= 0.6 is 22.7 Å². The normalized spacial score (nSPS) is 15.5. The molecule has 1 unspecified atom stereocenters. The molecule has 7 rings (SSSR count). The molecule has 2 aliphatic heterocycles. The molecule has 1 atom stereocenters. The van der Waals surface area contributed by atoms with Crippen molar-refractivity contribution in [2.24, 2.45) is 0 Å². The van der Waals surface area contributed by atoms with Crippen molar-refractivity contribution in [1.29, 1.82) is 0 Å². The summed E-state index contributed by atoms with van der Waals surface area (Å²) < 4.78 is 37.2. The fraction of sp³-hybridized carbons (Fsp3) is 0.286. The highest BCUT2D eigenvalue weighted by Gasteiger charge is 2.30. The topological polar surface area (TPSA) is 78.8 Å². The smallest absolute Gasteiger partial charge is 0.246 e. The van der Waals surface area contributed by atoms with Gasteiger partial charge in [0.05, 0.1) is 29.6 Å². The van der Waals surface area contributed by atoms with Gasteiger partial charge in [0.1, 0.15) is 34.7 Å². The van der Waals surface area contributed by atoms with Crippen LogP contribution in [0.5, 0.6) is 5.75 Å². The average molecular weight is 659 g/mol. The zero-order valence-electron chi connectivity index (χ0n) is 25.5. The number of fused-ring (bicyclic) bond motifs is 3. The van der Waals surface area contributed by atoms with Crippen molar-refractivity contribution in [2.45, 2.75) is 39.0 Å². The van der Waals surface area contributed by atoms with Crippen LogP contribution in [0.1, 0.15) is 28.6 Å². The fourth-order valence-corrected chi connectivity index (χ4v) is 8.27. The van der Waals surface area contributed by atoms with Crippen LogP contribution in [0.15, 0.2) is 54.4 Å². The molecule has 2 aliphatic rings. The number of aliphatic hydroxyl groups is 1. The molecule has 0 aliphatic carbocycles. The molecule has 46 heavy (non-hydrogen) atoms. The molecule has 0 fully saturated rings. The Kier molecular flexibility index (Phi) is 8.18. The minimum atomic E-state index is -0.850. The molecule has 0 saturated carbocycles. The molecule has 7 nitrogen and oxygen atoms in total.